The van der Waals surface area contributed by atoms with Crippen LogP contribution in [0.2, 0.25) is 0 Å². The third-order valence-electron chi connectivity index (χ3n) is 6.52. The average Bonchev–Trinajstić information content (AvgIpc) is 3.56. The van der Waals surface area contributed by atoms with E-state index in [9.17, 15) is 19.2 Å². The molecule has 228 valence electrons. The highest BCUT2D eigenvalue weighted by atomic mass is 16.2. The van der Waals surface area contributed by atoms with Gasteiger partial charge in [-0.15, -0.1) is 0 Å². The third-order valence-corrected chi connectivity index (χ3v) is 6.52. The number of rotatable bonds is 4. The van der Waals surface area contributed by atoms with Gasteiger partial charge in [-0.3, -0.25) is 9.59 Å². The summed E-state index contributed by atoms with van der Waals surface area (Å²) in [4.78, 5) is 54.5. The molecule has 0 atom stereocenters. The molecule has 1 aliphatic heterocycles. The summed E-state index contributed by atoms with van der Waals surface area (Å²) in [7, 11) is 3.39. The highest BCUT2D eigenvalue weighted by molar-refractivity contribution is 5.94. The molecule has 1 saturated heterocycles. The monoisotopic (exact) mass is 580 g/mol. The number of aromatic nitrogens is 4. The van der Waals surface area contributed by atoms with Gasteiger partial charge in [0.05, 0.1) is 12.4 Å². The van der Waals surface area contributed by atoms with Crippen LogP contribution in [0, 0.1) is 13.8 Å². The van der Waals surface area contributed by atoms with Crippen LogP contribution in [0.4, 0.5) is 9.59 Å². The zero-order valence-electron chi connectivity index (χ0n) is 25.9. The normalized spacial score (nSPS) is 12.6. The molecule has 4 rings (SSSR count). The predicted molar refractivity (Wildman–Crippen MR) is 161 cm³/mol. The molecule has 0 N–H and O–H groups in total. The zero-order chi connectivity index (χ0) is 31.2. The summed E-state index contributed by atoms with van der Waals surface area (Å²) < 4.78 is 2.66. The second kappa shape index (κ2) is 16.7. The fourth-order valence-electron chi connectivity index (χ4n) is 3.98. The number of carbonyl (C=O) groups excluding carboxylic acids is 4. The van der Waals surface area contributed by atoms with Crippen LogP contribution in [0.25, 0.3) is 0 Å². The summed E-state index contributed by atoms with van der Waals surface area (Å²) in [6, 6.07) is 8.93. The topological polar surface area (TPSA) is 117 Å². The Kier molecular flexibility index (Phi) is 13.4. The number of amides is 4. The number of hydrogen-bond acceptors (Lipinski definition) is 6. The summed E-state index contributed by atoms with van der Waals surface area (Å²) in [6.45, 7) is 12.6. The van der Waals surface area contributed by atoms with E-state index >= 15 is 0 Å². The van der Waals surface area contributed by atoms with Gasteiger partial charge in [-0.1, -0.05) is 32.0 Å². The predicted octanol–water partition coefficient (Wildman–Crippen LogP) is 3.60. The van der Waals surface area contributed by atoms with Crippen molar-refractivity contribution in [1.29, 1.82) is 0 Å². The molecular formula is C30H44N8O4. The van der Waals surface area contributed by atoms with Crippen molar-refractivity contribution in [3.63, 3.8) is 0 Å². The van der Waals surface area contributed by atoms with Crippen molar-refractivity contribution in [2.24, 2.45) is 0 Å². The van der Waals surface area contributed by atoms with Gasteiger partial charge in [-0.25, -0.2) is 9.59 Å². The molecular weight excluding hydrogens is 536 g/mol. The first kappa shape index (κ1) is 33.7. The molecule has 0 saturated carbocycles. The molecule has 0 unspecified atom stereocenters. The Bertz CT molecular complexity index is 1300. The molecule has 4 amide bonds. The molecule has 12 heteroatoms. The van der Waals surface area contributed by atoms with E-state index in [1.165, 1.54) is 21.2 Å². The van der Waals surface area contributed by atoms with Gasteiger partial charge in [0, 0.05) is 78.2 Å². The van der Waals surface area contributed by atoms with Gasteiger partial charge in [0.25, 0.3) is 5.91 Å². The molecule has 12 nitrogen and oxygen atoms in total. The number of aryl methyl sites for hydroxylation is 2. The standard InChI is InChI=1S/C17H20N4O2.C11H18N4O2.C2H6/c1-14-12-18-21(13-14)17(23)20-9-5-8-19(10-11-20)16(22)15-6-3-2-4-7-15;1-9-7-12-15(8-9)11(17)14(4)6-5-13(3)10(2)16;1-2/h2-4,6-7,12-13H,5,8-11H2,1H3;7-8H,5-6H2,1-4H3;1-2H3. The van der Waals surface area contributed by atoms with Gasteiger partial charge >= 0.3 is 12.1 Å². The zero-order valence-corrected chi connectivity index (χ0v) is 25.9. The Morgan fingerprint density at radius 2 is 1.29 bits per heavy atom. The molecule has 42 heavy (non-hydrogen) atoms. The van der Waals surface area contributed by atoms with Crippen molar-refractivity contribution >= 4 is 23.9 Å². The first-order valence-electron chi connectivity index (χ1n) is 14.2. The molecule has 2 aromatic heterocycles. The maximum absolute atomic E-state index is 12.5. The summed E-state index contributed by atoms with van der Waals surface area (Å²) in [6.07, 6.45) is 7.46. The van der Waals surface area contributed by atoms with Crippen molar-refractivity contribution in [1.82, 2.24) is 39.2 Å². The maximum Gasteiger partial charge on any atom is 0.344 e. The van der Waals surface area contributed by atoms with E-state index in [0.29, 0.717) is 44.8 Å². The lowest BCUT2D eigenvalue weighted by molar-refractivity contribution is -0.127. The minimum absolute atomic E-state index is 0.0132. The molecule has 3 aromatic rings. The fourth-order valence-corrected chi connectivity index (χ4v) is 3.98. The Labute approximate surface area is 248 Å². The first-order chi connectivity index (χ1) is 20.1. The Morgan fingerprint density at radius 1 is 0.762 bits per heavy atom. The average molecular weight is 581 g/mol. The molecule has 1 aliphatic rings. The van der Waals surface area contributed by atoms with Crippen molar-refractivity contribution in [3.8, 4) is 0 Å². The van der Waals surface area contributed by atoms with E-state index in [1.54, 1.807) is 48.7 Å². The first-order valence-corrected chi connectivity index (χ1v) is 14.2. The van der Waals surface area contributed by atoms with Crippen LogP contribution >= 0.6 is 0 Å². The van der Waals surface area contributed by atoms with Gasteiger partial charge in [0.1, 0.15) is 0 Å². The van der Waals surface area contributed by atoms with Gasteiger partial charge in [-0.2, -0.15) is 19.6 Å². The molecule has 1 aromatic carbocycles. The van der Waals surface area contributed by atoms with Gasteiger partial charge in [0.15, 0.2) is 0 Å². The van der Waals surface area contributed by atoms with Crippen LogP contribution in [0.1, 0.15) is 48.7 Å². The van der Waals surface area contributed by atoms with Crippen molar-refractivity contribution in [3.05, 3.63) is 71.8 Å². The fraction of sp³-hybridized carbons (Fsp3) is 0.467. The molecule has 0 bridgehead atoms. The van der Waals surface area contributed by atoms with E-state index in [0.717, 1.165) is 17.5 Å². The second-order valence-electron chi connectivity index (χ2n) is 9.85. The van der Waals surface area contributed by atoms with E-state index in [-0.39, 0.29) is 23.9 Å². The van der Waals surface area contributed by atoms with Crippen LogP contribution in [-0.2, 0) is 4.79 Å². The van der Waals surface area contributed by atoms with Crippen molar-refractivity contribution in [2.75, 3.05) is 53.4 Å². The van der Waals surface area contributed by atoms with Gasteiger partial charge in [0.2, 0.25) is 5.91 Å². The molecule has 0 aliphatic carbocycles. The van der Waals surface area contributed by atoms with Crippen molar-refractivity contribution < 1.29 is 19.2 Å². The number of benzene rings is 1. The summed E-state index contributed by atoms with van der Waals surface area (Å²) in [5.74, 6) is 0.00983. The number of hydrogen-bond donors (Lipinski definition) is 0. The molecule has 3 heterocycles. The Balaban J connectivity index is 0.000000290. The molecule has 0 spiro atoms. The van der Waals surface area contributed by atoms with E-state index in [4.69, 9.17) is 0 Å². The van der Waals surface area contributed by atoms with Crippen molar-refractivity contribution in [2.45, 2.75) is 41.0 Å². The number of carbonyl (C=O) groups is 4. The third kappa shape index (κ3) is 9.86. The van der Waals surface area contributed by atoms with Crippen LogP contribution in [0.5, 0.6) is 0 Å². The van der Waals surface area contributed by atoms with Crippen LogP contribution in [0.3, 0.4) is 0 Å². The molecule has 0 radical (unpaired) electrons. The quantitative estimate of drug-likeness (QED) is 0.466. The Morgan fingerprint density at radius 3 is 1.83 bits per heavy atom. The minimum Gasteiger partial charge on any atom is -0.344 e. The second-order valence-corrected chi connectivity index (χ2v) is 9.85. The lowest BCUT2D eigenvalue weighted by atomic mass is 10.2. The molecule has 1 fully saturated rings. The summed E-state index contributed by atoms with van der Waals surface area (Å²) in [5, 5.41) is 8.01. The largest absolute Gasteiger partial charge is 0.344 e. The van der Waals surface area contributed by atoms with Crippen LogP contribution in [-0.4, -0.2) is 116 Å². The maximum atomic E-state index is 12.5. The van der Waals surface area contributed by atoms with E-state index in [2.05, 4.69) is 10.2 Å². The summed E-state index contributed by atoms with van der Waals surface area (Å²) in [5.41, 5.74) is 2.58. The Hall–Kier alpha value is -4.48. The van der Waals surface area contributed by atoms with E-state index < -0.39 is 0 Å². The smallest absolute Gasteiger partial charge is 0.344 e. The summed E-state index contributed by atoms with van der Waals surface area (Å²) >= 11 is 0. The minimum atomic E-state index is -0.199. The SMILES string of the molecule is CC.CC(=O)N(C)CCN(C)C(=O)n1cc(C)cn1.Cc1cnn(C(=O)N2CCCN(C(=O)c3ccccc3)CC2)c1. The van der Waals surface area contributed by atoms with Gasteiger partial charge < -0.3 is 19.6 Å². The highest BCUT2D eigenvalue weighted by Gasteiger charge is 2.24. The van der Waals surface area contributed by atoms with Crippen LogP contribution < -0.4 is 0 Å². The lowest BCUT2D eigenvalue weighted by Gasteiger charge is -2.22. The number of nitrogens with zero attached hydrogens (tertiary/aromatic N) is 8. The number of likely N-dealkylation sites (N-methyl/N-ethyl adjacent to an activating group) is 2. The van der Waals surface area contributed by atoms with Gasteiger partial charge in [-0.05, 0) is 43.5 Å². The van der Waals surface area contributed by atoms with E-state index in [1.807, 2.05) is 62.9 Å². The lowest BCUT2D eigenvalue weighted by Crippen LogP contribution is -2.39. The highest BCUT2D eigenvalue weighted by Crippen LogP contribution is 2.10. The van der Waals surface area contributed by atoms with Crippen LogP contribution in [0.15, 0.2) is 55.1 Å².